The molecule has 0 fully saturated rings. The highest BCUT2D eigenvalue weighted by Gasteiger charge is 2.11. The summed E-state index contributed by atoms with van der Waals surface area (Å²) in [6.45, 7) is 5.98. The Morgan fingerprint density at radius 3 is 2.56 bits per heavy atom. The number of hydrogen-bond acceptors (Lipinski definition) is 7. The van der Waals surface area contributed by atoms with E-state index in [1.54, 1.807) is 43.6 Å². The molecule has 9 heteroatoms. The lowest BCUT2D eigenvalue weighted by Crippen LogP contribution is -2.21. The highest BCUT2D eigenvalue weighted by Crippen LogP contribution is 2.25. The average molecular weight is 438 g/mol. The standard InChI is InChI=1S/C23H27N5O4/c1-4-27(5-2)20-9-6-17(15-29)22(12-20)32-16-19-13-28(26-25-19)14-23(30)24-18-7-10-21(31-3)11-8-18/h6-13,15H,4-5,14,16H2,1-3H3,(H,24,30). The van der Waals surface area contributed by atoms with Gasteiger partial charge >= 0.3 is 0 Å². The summed E-state index contributed by atoms with van der Waals surface area (Å²) in [5, 5.41) is 10.8. The maximum absolute atomic E-state index is 12.3. The third-order valence-corrected chi connectivity index (χ3v) is 4.89. The van der Waals surface area contributed by atoms with Crippen LogP contribution in [0.15, 0.2) is 48.7 Å². The highest BCUT2D eigenvalue weighted by molar-refractivity contribution is 5.90. The molecule has 3 rings (SSSR count). The Morgan fingerprint density at radius 2 is 1.91 bits per heavy atom. The molecule has 0 aliphatic heterocycles. The molecule has 168 valence electrons. The molecule has 0 atom stereocenters. The van der Waals surface area contributed by atoms with Gasteiger partial charge in [0.25, 0.3) is 0 Å². The number of amides is 1. The van der Waals surface area contributed by atoms with Crippen molar-refractivity contribution >= 4 is 23.6 Å². The van der Waals surface area contributed by atoms with E-state index in [1.807, 2.05) is 12.1 Å². The molecule has 0 aliphatic rings. The first-order chi connectivity index (χ1) is 15.6. The highest BCUT2D eigenvalue weighted by atomic mass is 16.5. The number of nitrogens with one attached hydrogen (secondary N) is 1. The van der Waals surface area contributed by atoms with Crippen molar-refractivity contribution in [1.82, 2.24) is 15.0 Å². The van der Waals surface area contributed by atoms with E-state index in [0.29, 0.717) is 28.4 Å². The monoisotopic (exact) mass is 437 g/mol. The Labute approximate surface area is 186 Å². The maximum Gasteiger partial charge on any atom is 0.246 e. The van der Waals surface area contributed by atoms with Crippen LogP contribution in [0.4, 0.5) is 11.4 Å². The van der Waals surface area contributed by atoms with E-state index in [0.717, 1.165) is 25.1 Å². The molecule has 1 amide bonds. The normalized spacial score (nSPS) is 10.5. The molecule has 9 nitrogen and oxygen atoms in total. The van der Waals surface area contributed by atoms with E-state index in [2.05, 4.69) is 34.4 Å². The van der Waals surface area contributed by atoms with Crippen LogP contribution in [0.1, 0.15) is 29.9 Å². The third-order valence-electron chi connectivity index (χ3n) is 4.89. The predicted molar refractivity (Wildman–Crippen MR) is 121 cm³/mol. The van der Waals surface area contributed by atoms with Gasteiger partial charge in [0.2, 0.25) is 5.91 Å². The molecule has 0 spiro atoms. The van der Waals surface area contributed by atoms with Gasteiger partial charge in [-0.25, -0.2) is 4.68 Å². The fraction of sp³-hybridized carbons (Fsp3) is 0.304. The number of benzene rings is 2. The van der Waals surface area contributed by atoms with Gasteiger partial charge in [-0.1, -0.05) is 5.21 Å². The molecule has 0 unspecified atom stereocenters. The molecule has 1 N–H and O–H groups in total. The van der Waals surface area contributed by atoms with E-state index in [1.165, 1.54) is 4.68 Å². The largest absolute Gasteiger partial charge is 0.497 e. The van der Waals surface area contributed by atoms with Crippen LogP contribution in [0.3, 0.4) is 0 Å². The van der Waals surface area contributed by atoms with E-state index in [-0.39, 0.29) is 19.1 Å². The van der Waals surface area contributed by atoms with E-state index in [4.69, 9.17) is 9.47 Å². The second-order valence-electron chi connectivity index (χ2n) is 6.99. The summed E-state index contributed by atoms with van der Waals surface area (Å²) in [6, 6.07) is 12.6. The Morgan fingerprint density at radius 1 is 1.16 bits per heavy atom. The number of methoxy groups -OCH3 is 1. The molecule has 1 aromatic heterocycles. The van der Waals surface area contributed by atoms with Gasteiger partial charge in [-0.2, -0.15) is 0 Å². The van der Waals surface area contributed by atoms with Crippen molar-refractivity contribution < 1.29 is 19.1 Å². The summed E-state index contributed by atoms with van der Waals surface area (Å²) in [5.74, 6) is 0.961. The van der Waals surface area contributed by atoms with Crippen LogP contribution < -0.4 is 19.7 Å². The van der Waals surface area contributed by atoms with Gasteiger partial charge in [-0.15, -0.1) is 5.10 Å². The smallest absolute Gasteiger partial charge is 0.246 e. The van der Waals surface area contributed by atoms with E-state index in [9.17, 15) is 9.59 Å². The first-order valence-corrected chi connectivity index (χ1v) is 10.4. The Kier molecular flexibility index (Phi) is 7.80. The quantitative estimate of drug-likeness (QED) is 0.460. The number of aldehydes is 1. The van der Waals surface area contributed by atoms with Gasteiger partial charge in [0.1, 0.15) is 30.3 Å². The predicted octanol–water partition coefficient (Wildman–Crippen LogP) is 3.16. The molecule has 0 radical (unpaired) electrons. The number of rotatable bonds is 11. The number of ether oxygens (including phenoxy) is 2. The Bertz CT molecular complexity index is 1040. The first-order valence-electron chi connectivity index (χ1n) is 10.4. The summed E-state index contributed by atoms with van der Waals surface area (Å²) in [5.41, 5.74) is 2.66. The number of anilines is 2. The fourth-order valence-corrected chi connectivity index (χ4v) is 3.19. The SMILES string of the molecule is CCN(CC)c1ccc(C=O)c(OCc2cn(CC(=O)Nc3ccc(OC)cc3)nn2)c1. The fourth-order valence-electron chi connectivity index (χ4n) is 3.19. The second kappa shape index (κ2) is 10.9. The zero-order valence-corrected chi connectivity index (χ0v) is 18.4. The maximum atomic E-state index is 12.3. The van der Waals surface area contributed by atoms with Crippen molar-refractivity contribution in [3.8, 4) is 11.5 Å². The molecule has 1 heterocycles. The topological polar surface area (TPSA) is 98.6 Å². The average Bonchev–Trinajstić information content (AvgIpc) is 3.26. The zero-order valence-electron chi connectivity index (χ0n) is 18.4. The molecule has 3 aromatic rings. The number of aromatic nitrogens is 3. The van der Waals surface area contributed by atoms with Gasteiger partial charge in [0.05, 0.1) is 18.9 Å². The number of carbonyl (C=O) groups excluding carboxylic acids is 2. The molecule has 32 heavy (non-hydrogen) atoms. The number of carbonyl (C=O) groups is 2. The van der Waals surface area contributed by atoms with Gasteiger partial charge in [0.15, 0.2) is 6.29 Å². The lowest BCUT2D eigenvalue weighted by Gasteiger charge is -2.22. The number of nitrogens with zero attached hydrogens (tertiary/aromatic N) is 4. The van der Waals surface area contributed by atoms with Gasteiger partial charge in [-0.3, -0.25) is 9.59 Å². The second-order valence-corrected chi connectivity index (χ2v) is 6.99. The lowest BCUT2D eigenvalue weighted by molar-refractivity contribution is -0.116. The molecule has 0 saturated heterocycles. The van der Waals surface area contributed by atoms with Crippen LogP contribution in [0.5, 0.6) is 11.5 Å². The van der Waals surface area contributed by atoms with Crippen molar-refractivity contribution in [2.24, 2.45) is 0 Å². The van der Waals surface area contributed by atoms with Crippen molar-refractivity contribution in [3.05, 3.63) is 59.9 Å². The van der Waals surface area contributed by atoms with Crippen molar-refractivity contribution in [2.45, 2.75) is 27.0 Å². The number of hydrogen-bond donors (Lipinski definition) is 1. The molecule has 0 saturated carbocycles. The minimum Gasteiger partial charge on any atom is -0.497 e. The van der Waals surface area contributed by atoms with Crippen LogP contribution in [0.25, 0.3) is 0 Å². The first kappa shape index (κ1) is 22.8. The molecular weight excluding hydrogens is 410 g/mol. The Hall–Kier alpha value is -3.88. The van der Waals surface area contributed by atoms with Gasteiger partial charge < -0.3 is 19.7 Å². The van der Waals surface area contributed by atoms with Crippen molar-refractivity contribution in [3.63, 3.8) is 0 Å². The van der Waals surface area contributed by atoms with Crippen LogP contribution in [0, 0.1) is 0 Å². The van der Waals surface area contributed by atoms with Gasteiger partial charge in [0, 0.05) is 30.5 Å². The summed E-state index contributed by atoms with van der Waals surface area (Å²) >= 11 is 0. The van der Waals surface area contributed by atoms with Crippen LogP contribution in [-0.4, -0.2) is 47.4 Å². The molecule has 0 bridgehead atoms. The van der Waals surface area contributed by atoms with Crippen molar-refractivity contribution in [2.75, 3.05) is 30.4 Å². The lowest BCUT2D eigenvalue weighted by atomic mass is 10.2. The minimum absolute atomic E-state index is 0.00998. The zero-order chi connectivity index (χ0) is 22.9. The van der Waals surface area contributed by atoms with E-state index < -0.39 is 0 Å². The summed E-state index contributed by atoms with van der Waals surface area (Å²) in [6.07, 6.45) is 2.41. The molecule has 0 aliphatic carbocycles. The third kappa shape index (κ3) is 5.84. The molecule has 2 aromatic carbocycles. The molecular formula is C23H27N5O4. The summed E-state index contributed by atoms with van der Waals surface area (Å²) in [7, 11) is 1.58. The summed E-state index contributed by atoms with van der Waals surface area (Å²) < 4.78 is 12.4. The van der Waals surface area contributed by atoms with E-state index >= 15 is 0 Å². The van der Waals surface area contributed by atoms with Crippen LogP contribution in [0.2, 0.25) is 0 Å². The van der Waals surface area contributed by atoms with Gasteiger partial charge in [-0.05, 0) is 50.2 Å². The minimum atomic E-state index is -0.234. The van der Waals surface area contributed by atoms with Crippen LogP contribution in [-0.2, 0) is 17.9 Å². The summed E-state index contributed by atoms with van der Waals surface area (Å²) in [4.78, 5) is 25.8. The van der Waals surface area contributed by atoms with Crippen molar-refractivity contribution in [1.29, 1.82) is 0 Å². The van der Waals surface area contributed by atoms with Crippen LogP contribution >= 0.6 is 0 Å². The Balaban J connectivity index is 1.59.